The minimum absolute atomic E-state index is 0.263. The lowest BCUT2D eigenvalue weighted by molar-refractivity contribution is 0.565. The molecule has 0 amide bonds. The van der Waals surface area contributed by atoms with Gasteiger partial charge in [-0.1, -0.05) is 0 Å². The van der Waals surface area contributed by atoms with E-state index in [9.17, 15) is 0 Å². The molecule has 2 heterocycles. The van der Waals surface area contributed by atoms with Crippen LogP contribution in [0.1, 0.15) is 28.5 Å². The third-order valence-corrected chi connectivity index (χ3v) is 3.95. The maximum Gasteiger partial charge on any atom is 0.109 e. The van der Waals surface area contributed by atoms with E-state index in [2.05, 4.69) is 45.1 Å². The van der Waals surface area contributed by atoms with Crippen LogP contribution in [-0.2, 0) is 6.54 Å². The number of nitrogens with zero attached hydrogens (tertiary/aromatic N) is 2. The van der Waals surface area contributed by atoms with Crippen LogP contribution in [0.25, 0.3) is 0 Å². The summed E-state index contributed by atoms with van der Waals surface area (Å²) in [5.74, 6) is 0. The maximum atomic E-state index is 4.37. The Kier molecular flexibility index (Phi) is 4.25. The number of nitrogens with one attached hydrogen (secondary N) is 1. The highest BCUT2D eigenvalue weighted by Gasteiger charge is 2.08. The number of halogens is 1. The number of pyridine rings is 1. The topological polar surface area (TPSA) is 37.8 Å². The van der Waals surface area contributed by atoms with Crippen LogP contribution in [-0.4, -0.2) is 9.97 Å². The average molecular weight is 312 g/mol. The highest BCUT2D eigenvalue weighted by Crippen LogP contribution is 2.19. The lowest BCUT2D eigenvalue weighted by Crippen LogP contribution is -2.18. The van der Waals surface area contributed by atoms with E-state index in [1.165, 1.54) is 4.88 Å². The number of thiazole rings is 1. The Morgan fingerprint density at radius 3 is 2.76 bits per heavy atom. The molecule has 0 aliphatic heterocycles. The van der Waals surface area contributed by atoms with Gasteiger partial charge in [-0.05, 0) is 41.9 Å². The van der Waals surface area contributed by atoms with Crippen LogP contribution in [0, 0.1) is 6.92 Å². The number of hydrogen-bond acceptors (Lipinski definition) is 4. The largest absolute Gasteiger partial charge is 0.302 e. The monoisotopic (exact) mass is 311 g/mol. The third kappa shape index (κ3) is 3.59. The van der Waals surface area contributed by atoms with Crippen LogP contribution in [0.2, 0.25) is 0 Å². The van der Waals surface area contributed by atoms with Crippen molar-refractivity contribution in [3.63, 3.8) is 0 Å². The highest BCUT2D eigenvalue weighted by molar-refractivity contribution is 9.10. The van der Waals surface area contributed by atoms with Crippen molar-refractivity contribution in [1.29, 1.82) is 0 Å². The van der Waals surface area contributed by atoms with E-state index >= 15 is 0 Å². The summed E-state index contributed by atoms with van der Waals surface area (Å²) < 4.78 is 1.00. The second-order valence-electron chi connectivity index (χ2n) is 3.88. The molecule has 2 rings (SSSR count). The molecule has 0 saturated carbocycles. The summed E-state index contributed by atoms with van der Waals surface area (Å²) in [4.78, 5) is 9.94. The summed E-state index contributed by atoms with van der Waals surface area (Å²) in [5, 5.41) is 4.54. The van der Waals surface area contributed by atoms with E-state index in [4.69, 9.17) is 0 Å². The molecule has 0 saturated heterocycles. The number of hydrogen-bond donors (Lipinski definition) is 1. The van der Waals surface area contributed by atoms with Crippen molar-refractivity contribution >= 4 is 27.3 Å². The minimum Gasteiger partial charge on any atom is -0.302 e. The van der Waals surface area contributed by atoms with Crippen molar-refractivity contribution in [1.82, 2.24) is 15.3 Å². The first kappa shape index (κ1) is 12.7. The molecule has 5 heteroatoms. The summed E-state index contributed by atoms with van der Waals surface area (Å²) >= 11 is 5.11. The Hall–Kier alpha value is -0.780. The molecule has 1 unspecified atom stereocenters. The molecule has 0 radical (unpaired) electrons. The molecule has 1 atom stereocenters. The molecule has 0 bridgehead atoms. The molecular weight excluding hydrogens is 298 g/mol. The fraction of sp³-hybridized carbons (Fsp3) is 0.333. The molecule has 1 N–H and O–H groups in total. The van der Waals surface area contributed by atoms with Crippen molar-refractivity contribution in [3.05, 3.63) is 44.6 Å². The molecule has 0 aliphatic carbocycles. The first-order valence-corrected chi connectivity index (χ1v) is 7.02. The van der Waals surface area contributed by atoms with Gasteiger partial charge in [0, 0.05) is 28.3 Å². The molecule has 17 heavy (non-hydrogen) atoms. The Morgan fingerprint density at radius 2 is 2.18 bits per heavy atom. The van der Waals surface area contributed by atoms with Crippen molar-refractivity contribution in [3.8, 4) is 0 Å². The summed E-state index contributed by atoms with van der Waals surface area (Å²) in [7, 11) is 0. The van der Waals surface area contributed by atoms with Gasteiger partial charge in [0.1, 0.15) is 5.01 Å². The van der Waals surface area contributed by atoms with E-state index in [1.54, 1.807) is 11.3 Å². The smallest absolute Gasteiger partial charge is 0.109 e. The van der Waals surface area contributed by atoms with E-state index in [-0.39, 0.29) is 6.04 Å². The van der Waals surface area contributed by atoms with Gasteiger partial charge in [0.2, 0.25) is 0 Å². The molecule has 0 aliphatic rings. The SMILES string of the molecule is Cc1cnc(C(C)NCc2ccc(Br)cn2)s1. The van der Waals surface area contributed by atoms with Gasteiger partial charge in [-0.3, -0.25) is 4.98 Å². The first-order valence-electron chi connectivity index (χ1n) is 5.41. The van der Waals surface area contributed by atoms with Crippen LogP contribution in [0.5, 0.6) is 0 Å². The van der Waals surface area contributed by atoms with Gasteiger partial charge < -0.3 is 5.32 Å². The van der Waals surface area contributed by atoms with Gasteiger partial charge in [0.05, 0.1) is 11.7 Å². The van der Waals surface area contributed by atoms with Crippen LogP contribution in [0.3, 0.4) is 0 Å². The van der Waals surface area contributed by atoms with E-state index in [0.717, 1.165) is 21.7 Å². The van der Waals surface area contributed by atoms with Gasteiger partial charge in [0.25, 0.3) is 0 Å². The van der Waals surface area contributed by atoms with Crippen molar-refractivity contribution in [2.75, 3.05) is 0 Å². The summed E-state index contributed by atoms with van der Waals surface area (Å²) in [5.41, 5.74) is 1.04. The Labute approximate surface area is 113 Å². The molecule has 3 nitrogen and oxygen atoms in total. The number of aromatic nitrogens is 2. The second-order valence-corrected chi connectivity index (χ2v) is 6.06. The molecule has 0 fully saturated rings. The second kappa shape index (κ2) is 5.71. The fourth-order valence-electron chi connectivity index (χ4n) is 1.43. The normalized spacial score (nSPS) is 12.6. The van der Waals surface area contributed by atoms with Gasteiger partial charge in [-0.15, -0.1) is 11.3 Å². The van der Waals surface area contributed by atoms with Crippen LogP contribution in [0.4, 0.5) is 0 Å². The third-order valence-electron chi connectivity index (χ3n) is 2.39. The van der Waals surface area contributed by atoms with E-state index < -0.39 is 0 Å². The molecule has 0 spiro atoms. The predicted molar refractivity (Wildman–Crippen MR) is 74.0 cm³/mol. The minimum atomic E-state index is 0.263. The van der Waals surface area contributed by atoms with E-state index in [1.807, 2.05) is 24.5 Å². The number of rotatable bonds is 4. The summed E-state index contributed by atoms with van der Waals surface area (Å²) in [6.45, 7) is 4.95. The van der Waals surface area contributed by atoms with Crippen LogP contribution < -0.4 is 5.32 Å². The van der Waals surface area contributed by atoms with Gasteiger partial charge in [0.15, 0.2) is 0 Å². The lowest BCUT2D eigenvalue weighted by Gasteiger charge is -2.10. The molecule has 0 aromatic carbocycles. The van der Waals surface area contributed by atoms with Crippen molar-refractivity contribution < 1.29 is 0 Å². The molecule has 2 aromatic rings. The van der Waals surface area contributed by atoms with Crippen molar-refractivity contribution in [2.45, 2.75) is 26.4 Å². The average Bonchev–Trinajstić information content (AvgIpc) is 2.75. The molecule has 90 valence electrons. The maximum absolute atomic E-state index is 4.37. The quantitative estimate of drug-likeness (QED) is 0.939. The van der Waals surface area contributed by atoms with E-state index in [0.29, 0.717) is 0 Å². The molecular formula is C12H14BrN3S. The van der Waals surface area contributed by atoms with Crippen molar-refractivity contribution in [2.24, 2.45) is 0 Å². The van der Waals surface area contributed by atoms with Gasteiger partial charge in [-0.25, -0.2) is 4.98 Å². The van der Waals surface area contributed by atoms with Gasteiger partial charge in [-0.2, -0.15) is 0 Å². The Balaban J connectivity index is 1.92. The lowest BCUT2D eigenvalue weighted by atomic mass is 10.3. The van der Waals surface area contributed by atoms with Gasteiger partial charge >= 0.3 is 0 Å². The highest BCUT2D eigenvalue weighted by atomic mass is 79.9. The zero-order valence-electron chi connectivity index (χ0n) is 9.77. The van der Waals surface area contributed by atoms with Crippen LogP contribution in [0.15, 0.2) is 29.0 Å². The number of aryl methyl sites for hydroxylation is 1. The first-order chi connectivity index (χ1) is 8.15. The fourth-order valence-corrected chi connectivity index (χ4v) is 2.46. The zero-order valence-corrected chi connectivity index (χ0v) is 12.2. The Bertz CT molecular complexity index is 481. The predicted octanol–water partition coefficient (Wildman–Crippen LogP) is 3.46. The summed E-state index contributed by atoms with van der Waals surface area (Å²) in [6, 6.07) is 4.28. The van der Waals surface area contributed by atoms with Crippen LogP contribution >= 0.6 is 27.3 Å². The Morgan fingerprint density at radius 1 is 1.35 bits per heavy atom. The molecule has 2 aromatic heterocycles. The standard InChI is InChI=1S/C12H14BrN3S/c1-8-5-16-12(17-8)9(2)14-7-11-4-3-10(13)6-15-11/h3-6,9,14H,7H2,1-2H3. The zero-order chi connectivity index (χ0) is 12.3. The summed E-state index contributed by atoms with van der Waals surface area (Å²) in [6.07, 6.45) is 3.73.